The minimum atomic E-state index is 0.240. The Balaban J connectivity index is 3.40. The van der Waals surface area contributed by atoms with Crippen LogP contribution in [0.3, 0.4) is 0 Å². The molecule has 0 aromatic heterocycles. The zero-order chi connectivity index (χ0) is 24.8. The van der Waals surface area contributed by atoms with Gasteiger partial charge in [-0.15, -0.1) is 0 Å². The van der Waals surface area contributed by atoms with E-state index >= 15 is 0 Å². The van der Waals surface area contributed by atoms with Gasteiger partial charge in [0.15, 0.2) is 0 Å². The van der Waals surface area contributed by atoms with E-state index in [1.165, 1.54) is 89.9 Å². The van der Waals surface area contributed by atoms with Crippen molar-refractivity contribution in [2.45, 2.75) is 137 Å². The van der Waals surface area contributed by atoms with Gasteiger partial charge in [-0.25, -0.2) is 0 Å². The number of nitrogens with one attached hydrogen (secondary N) is 1. The van der Waals surface area contributed by atoms with Crippen LogP contribution in [0.25, 0.3) is 0 Å². The topological polar surface area (TPSA) is 29.1 Å². The number of carbonyl (C=O) groups is 1. The molecular formula is C30H61N2O+. The van der Waals surface area contributed by atoms with Crippen LogP contribution in [0.2, 0.25) is 0 Å². The Bertz CT molecular complexity index is 476. The van der Waals surface area contributed by atoms with Crippen molar-refractivity contribution in [1.29, 1.82) is 0 Å². The summed E-state index contributed by atoms with van der Waals surface area (Å²) in [6, 6.07) is 0. The van der Waals surface area contributed by atoms with Crippen LogP contribution in [-0.2, 0) is 4.79 Å². The summed E-state index contributed by atoms with van der Waals surface area (Å²) in [5, 5.41) is 3.12. The summed E-state index contributed by atoms with van der Waals surface area (Å²) in [5.41, 5.74) is 0.344. The van der Waals surface area contributed by atoms with Gasteiger partial charge in [0.2, 0.25) is 5.91 Å². The standard InChI is InChI=1S/C30H60N2O/c1-7-8-9-10-11-12-13-14-15-16-17-18-19-20-21-22-23-25-29(33)31-26-24-27-32(5,6)28-30(2,3)4/h14-15H,7-13,16-28H2,1-6H3/p+1/b15-14-. The molecule has 0 radical (unpaired) electrons. The highest BCUT2D eigenvalue weighted by molar-refractivity contribution is 5.75. The molecule has 1 amide bonds. The highest BCUT2D eigenvalue weighted by atomic mass is 16.1. The second-order valence-corrected chi connectivity index (χ2v) is 12.1. The molecule has 0 rings (SSSR count). The first kappa shape index (κ1) is 32.2. The highest BCUT2D eigenvalue weighted by Crippen LogP contribution is 2.18. The zero-order valence-electron chi connectivity index (χ0n) is 23.7. The molecule has 0 aliphatic heterocycles. The normalized spacial score (nSPS) is 12.5. The summed E-state index contributed by atoms with van der Waals surface area (Å²) in [7, 11) is 4.59. The van der Waals surface area contributed by atoms with Gasteiger partial charge >= 0.3 is 0 Å². The molecule has 33 heavy (non-hydrogen) atoms. The Hall–Kier alpha value is -0.830. The van der Waals surface area contributed by atoms with Crippen molar-refractivity contribution in [1.82, 2.24) is 5.32 Å². The Morgan fingerprint density at radius 1 is 0.727 bits per heavy atom. The lowest BCUT2D eigenvalue weighted by Crippen LogP contribution is -2.47. The molecular weight excluding hydrogens is 404 g/mol. The van der Waals surface area contributed by atoms with Gasteiger partial charge in [0.25, 0.3) is 0 Å². The van der Waals surface area contributed by atoms with Crippen molar-refractivity contribution in [3.63, 3.8) is 0 Å². The van der Waals surface area contributed by atoms with E-state index in [0.717, 1.165) is 37.0 Å². The van der Waals surface area contributed by atoms with Crippen molar-refractivity contribution in [2.75, 3.05) is 33.7 Å². The van der Waals surface area contributed by atoms with Crippen LogP contribution in [0.15, 0.2) is 12.2 Å². The lowest BCUT2D eigenvalue weighted by atomic mass is 9.95. The van der Waals surface area contributed by atoms with Gasteiger partial charge in [-0.05, 0) is 32.1 Å². The molecule has 0 atom stereocenters. The molecule has 0 heterocycles. The molecule has 0 saturated heterocycles. The van der Waals surface area contributed by atoms with E-state index in [1.807, 2.05) is 0 Å². The fourth-order valence-electron chi connectivity index (χ4n) is 4.90. The average molecular weight is 466 g/mol. The Labute approximate surface area is 208 Å². The van der Waals surface area contributed by atoms with Crippen LogP contribution < -0.4 is 5.32 Å². The van der Waals surface area contributed by atoms with E-state index in [0.29, 0.717) is 11.8 Å². The first-order valence-electron chi connectivity index (χ1n) is 14.4. The smallest absolute Gasteiger partial charge is 0.219 e. The maximum Gasteiger partial charge on any atom is 0.219 e. The quantitative estimate of drug-likeness (QED) is 0.0970. The van der Waals surface area contributed by atoms with Crippen LogP contribution in [0.5, 0.6) is 0 Å². The third-order valence-electron chi connectivity index (χ3n) is 6.33. The molecule has 196 valence electrons. The SMILES string of the molecule is CCCCCCCC/C=C\CCCCCCCCCC(=O)NCCC[N+](C)(C)CC(C)(C)C. The second-order valence-electron chi connectivity index (χ2n) is 12.1. The molecule has 0 fully saturated rings. The molecule has 0 saturated carbocycles. The minimum absolute atomic E-state index is 0.240. The van der Waals surface area contributed by atoms with Gasteiger partial charge in [-0.1, -0.05) is 104 Å². The summed E-state index contributed by atoms with van der Waals surface area (Å²) >= 11 is 0. The monoisotopic (exact) mass is 465 g/mol. The van der Waals surface area contributed by atoms with Crippen molar-refractivity contribution >= 4 is 5.91 Å². The van der Waals surface area contributed by atoms with Crippen LogP contribution in [-0.4, -0.2) is 44.1 Å². The molecule has 0 unspecified atom stereocenters. The summed E-state index contributed by atoms with van der Waals surface area (Å²) in [4.78, 5) is 12.0. The maximum absolute atomic E-state index is 12.0. The van der Waals surface area contributed by atoms with E-state index in [4.69, 9.17) is 0 Å². The molecule has 0 aromatic carbocycles. The van der Waals surface area contributed by atoms with E-state index in [9.17, 15) is 4.79 Å². The second kappa shape index (κ2) is 20.5. The molecule has 0 aromatic rings. The van der Waals surface area contributed by atoms with Crippen LogP contribution in [0.4, 0.5) is 0 Å². The molecule has 0 aliphatic rings. The Morgan fingerprint density at radius 3 is 1.73 bits per heavy atom. The summed E-state index contributed by atoms with van der Waals surface area (Å²) < 4.78 is 1.02. The summed E-state index contributed by atoms with van der Waals surface area (Å²) in [6.45, 7) is 12.3. The fraction of sp³-hybridized carbons (Fsp3) is 0.900. The van der Waals surface area contributed by atoms with Gasteiger partial charge in [-0.3, -0.25) is 4.79 Å². The maximum atomic E-state index is 12.0. The van der Waals surface area contributed by atoms with Gasteiger partial charge in [0.05, 0.1) is 27.2 Å². The predicted molar refractivity (Wildman–Crippen MR) is 148 cm³/mol. The van der Waals surface area contributed by atoms with E-state index in [-0.39, 0.29) is 5.91 Å². The number of hydrogen-bond acceptors (Lipinski definition) is 1. The van der Waals surface area contributed by atoms with Gasteiger partial charge in [0.1, 0.15) is 0 Å². The summed E-state index contributed by atoms with van der Waals surface area (Å²) in [6.07, 6.45) is 26.3. The number of rotatable bonds is 22. The lowest BCUT2D eigenvalue weighted by Gasteiger charge is -2.35. The van der Waals surface area contributed by atoms with Crippen LogP contribution in [0.1, 0.15) is 137 Å². The van der Waals surface area contributed by atoms with Crippen LogP contribution >= 0.6 is 0 Å². The first-order valence-corrected chi connectivity index (χ1v) is 14.4. The number of amides is 1. The number of quaternary nitrogens is 1. The Morgan fingerprint density at radius 2 is 1.21 bits per heavy atom. The Kier molecular flexibility index (Phi) is 20.0. The number of carbonyl (C=O) groups excluding carboxylic acids is 1. The van der Waals surface area contributed by atoms with Crippen molar-refractivity contribution in [3.05, 3.63) is 12.2 Å². The van der Waals surface area contributed by atoms with E-state index in [1.54, 1.807) is 0 Å². The molecule has 3 nitrogen and oxygen atoms in total. The van der Waals surface area contributed by atoms with E-state index < -0.39 is 0 Å². The number of nitrogens with zero attached hydrogens (tertiary/aromatic N) is 1. The highest BCUT2D eigenvalue weighted by Gasteiger charge is 2.23. The minimum Gasteiger partial charge on any atom is -0.356 e. The third-order valence-corrected chi connectivity index (χ3v) is 6.33. The third kappa shape index (κ3) is 25.6. The molecule has 1 N–H and O–H groups in total. The average Bonchev–Trinajstić information content (AvgIpc) is 2.71. The van der Waals surface area contributed by atoms with Crippen molar-refractivity contribution in [3.8, 4) is 0 Å². The predicted octanol–water partition coefficient (Wildman–Crippen LogP) is 8.43. The van der Waals surface area contributed by atoms with Gasteiger partial charge < -0.3 is 9.80 Å². The zero-order valence-corrected chi connectivity index (χ0v) is 23.7. The number of allylic oxidation sites excluding steroid dienone is 2. The number of hydrogen-bond donors (Lipinski definition) is 1. The largest absolute Gasteiger partial charge is 0.356 e. The molecule has 0 spiro atoms. The van der Waals surface area contributed by atoms with Crippen LogP contribution in [0, 0.1) is 5.41 Å². The van der Waals surface area contributed by atoms with Crippen molar-refractivity contribution < 1.29 is 9.28 Å². The van der Waals surface area contributed by atoms with Crippen molar-refractivity contribution in [2.24, 2.45) is 5.41 Å². The lowest BCUT2D eigenvalue weighted by molar-refractivity contribution is -0.896. The molecule has 0 aliphatic carbocycles. The van der Waals surface area contributed by atoms with E-state index in [2.05, 4.69) is 59.3 Å². The number of unbranched alkanes of at least 4 members (excludes halogenated alkanes) is 13. The summed E-state index contributed by atoms with van der Waals surface area (Å²) in [5.74, 6) is 0.240. The molecule has 3 heteroatoms. The first-order chi connectivity index (χ1) is 15.7. The fourth-order valence-corrected chi connectivity index (χ4v) is 4.90. The van der Waals surface area contributed by atoms with Gasteiger partial charge in [0, 0.05) is 24.8 Å². The van der Waals surface area contributed by atoms with Gasteiger partial charge in [-0.2, -0.15) is 0 Å². The molecule has 0 bridgehead atoms.